The zero-order valence-electron chi connectivity index (χ0n) is 28.3. The molecule has 12 rings (SSSR count). The normalized spacial score (nSPS) is 12.5. The summed E-state index contributed by atoms with van der Waals surface area (Å²) in [6, 6.07) is 59.5. The molecule has 10 aromatic rings. The lowest BCUT2D eigenvalue weighted by molar-refractivity contribution is 0.445. The van der Waals surface area contributed by atoms with Gasteiger partial charge < -0.3 is 18.8 Å². The van der Waals surface area contributed by atoms with Crippen molar-refractivity contribution in [2.75, 3.05) is 4.90 Å². The summed E-state index contributed by atoms with van der Waals surface area (Å²) in [6.07, 6.45) is 0. The standard InChI is InChI=1S/C48H28N2O3/c1-2-9-29(10-3-1)31-11-6-12-33(27-31)49(34-23-26-41-39(28-34)36-13-4-5-15-40(36)51-41)32-21-19-30(20-22-32)35-24-25-38-37-14-7-16-42-45(37)50-46(38)48(35)53-44-18-8-17-43(52-42)47(44)50/h1-28H. The van der Waals surface area contributed by atoms with E-state index >= 15 is 0 Å². The third-order valence-electron chi connectivity index (χ3n) is 10.8. The van der Waals surface area contributed by atoms with Crippen molar-refractivity contribution >= 4 is 60.8 Å². The van der Waals surface area contributed by atoms with Crippen molar-refractivity contribution in [1.82, 2.24) is 4.57 Å². The van der Waals surface area contributed by atoms with Crippen molar-refractivity contribution in [2.45, 2.75) is 0 Å². The van der Waals surface area contributed by atoms with Gasteiger partial charge in [-0.05, 0) is 89.5 Å². The molecular weight excluding hydrogens is 653 g/mol. The summed E-state index contributed by atoms with van der Waals surface area (Å²) in [4.78, 5) is 2.32. The Morgan fingerprint density at radius 3 is 1.98 bits per heavy atom. The van der Waals surface area contributed by atoms with E-state index in [0.29, 0.717) is 0 Å². The van der Waals surface area contributed by atoms with E-state index in [1.165, 1.54) is 5.56 Å². The minimum atomic E-state index is 0.791. The van der Waals surface area contributed by atoms with E-state index in [-0.39, 0.29) is 0 Å². The van der Waals surface area contributed by atoms with Crippen LogP contribution in [0.2, 0.25) is 0 Å². The van der Waals surface area contributed by atoms with Crippen molar-refractivity contribution in [3.8, 4) is 50.9 Å². The van der Waals surface area contributed by atoms with Gasteiger partial charge in [0, 0.05) is 44.2 Å². The molecule has 0 amide bonds. The third kappa shape index (κ3) is 4.07. The van der Waals surface area contributed by atoms with E-state index in [1.54, 1.807) is 0 Å². The summed E-state index contributed by atoms with van der Waals surface area (Å²) < 4.78 is 21.7. The zero-order chi connectivity index (χ0) is 34.6. The molecule has 0 saturated heterocycles. The molecule has 0 atom stereocenters. The quantitative estimate of drug-likeness (QED) is 0.181. The molecule has 0 aliphatic carbocycles. The van der Waals surface area contributed by atoms with E-state index in [4.69, 9.17) is 13.9 Å². The molecular formula is C48H28N2O3. The van der Waals surface area contributed by atoms with Crippen LogP contribution in [0.25, 0.3) is 71.7 Å². The molecule has 4 heterocycles. The van der Waals surface area contributed by atoms with Crippen LogP contribution in [0.3, 0.4) is 0 Å². The fraction of sp³-hybridized carbons (Fsp3) is 0. The predicted molar refractivity (Wildman–Crippen MR) is 214 cm³/mol. The number of para-hydroxylation sites is 3. The average molecular weight is 681 g/mol. The van der Waals surface area contributed by atoms with Crippen LogP contribution in [-0.2, 0) is 0 Å². The SMILES string of the molecule is c1ccc(-c2cccc(N(c3ccc(-c4ccc5c6cccc7c6n6c5c4Oc4cccc(c4-6)O7)cc3)c3ccc4oc5ccccc5c4c3)c2)cc1. The highest BCUT2D eigenvalue weighted by molar-refractivity contribution is 6.16. The van der Waals surface area contributed by atoms with E-state index in [0.717, 1.165) is 106 Å². The van der Waals surface area contributed by atoms with E-state index in [1.807, 2.05) is 36.4 Å². The molecule has 53 heavy (non-hydrogen) atoms. The molecule has 5 heteroatoms. The molecule has 0 N–H and O–H groups in total. The molecule has 5 nitrogen and oxygen atoms in total. The van der Waals surface area contributed by atoms with Crippen LogP contribution in [0, 0.1) is 0 Å². The van der Waals surface area contributed by atoms with Gasteiger partial charge in [-0.1, -0.05) is 97.1 Å². The number of nitrogens with zero attached hydrogens (tertiary/aromatic N) is 2. The number of rotatable bonds is 5. The van der Waals surface area contributed by atoms with Gasteiger partial charge >= 0.3 is 0 Å². The van der Waals surface area contributed by atoms with Gasteiger partial charge in [-0.3, -0.25) is 4.57 Å². The van der Waals surface area contributed by atoms with Gasteiger partial charge in [0.15, 0.2) is 23.0 Å². The van der Waals surface area contributed by atoms with Gasteiger partial charge in [-0.25, -0.2) is 0 Å². The fourth-order valence-corrected chi connectivity index (χ4v) is 8.39. The second-order valence-corrected chi connectivity index (χ2v) is 13.7. The van der Waals surface area contributed by atoms with Gasteiger partial charge in [-0.15, -0.1) is 0 Å². The molecule has 0 fully saturated rings. The van der Waals surface area contributed by atoms with E-state index < -0.39 is 0 Å². The molecule has 8 aromatic carbocycles. The summed E-state index contributed by atoms with van der Waals surface area (Å²) >= 11 is 0. The fourth-order valence-electron chi connectivity index (χ4n) is 8.39. The van der Waals surface area contributed by atoms with E-state index in [2.05, 4.69) is 143 Å². The van der Waals surface area contributed by atoms with Crippen LogP contribution in [0.4, 0.5) is 17.1 Å². The van der Waals surface area contributed by atoms with Crippen LogP contribution < -0.4 is 14.4 Å². The molecule has 0 radical (unpaired) electrons. The minimum Gasteiger partial charge on any atom is -0.456 e. The van der Waals surface area contributed by atoms with Gasteiger partial charge in [0.25, 0.3) is 0 Å². The van der Waals surface area contributed by atoms with Crippen LogP contribution in [-0.4, -0.2) is 4.57 Å². The Hall–Kier alpha value is -7.24. The first kappa shape index (κ1) is 28.5. The summed E-state index contributed by atoms with van der Waals surface area (Å²) in [6.45, 7) is 0. The number of fused-ring (bicyclic) bond motifs is 4. The Kier molecular flexibility index (Phi) is 5.71. The first-order chi connectivity index (χ1) is 26.3. The molecule has 0 bridgehead atoms. The molecule has 248 valence electrons. The van der Waals surface area contributed by atoms with Crippen LogP contribution in [0.1, 0.15) is 0 Å². The Bertz CT molecular complexity index is 3120. The number of furan rings is 1. The number of hydrogen-bond acceptors (Lipinski definition) is 4. The molecule has 0 unspecified atom stereocenters. The maximum Gasteiger partial charge on any atom is 0.160 e. The topological polar surface area (TPSA) is 39.8 Å². The highest BCUT2D eigenvalue weighted by Gasteiger charge is 2.33. The third-order valence-corrected chi connectivity index (χ3v) is 10.8. The molecule has 2 aromatic heterocycles. The lowest BCUT2D eigenvalue weighted by atomic mass is 10.00. The Balaban J connectivity index is 1.03. The average Bonchev–Trinajstić information content (AvgIpc) is 3.76. The van der Waals surface area contributed by atoms with Gasteiger partial charge in [-0.2, -0.15) is 0 Å². The van der Waals surface area contributed by atoms with Gasteiger partial charge in [0.05, 0.1) is 11.0 Å². The van der Waals surface area contributed by atoms with Crippen molar-refractivity contribution in [3.05, 3.63) is 170 Å². The zero-order valence-corrected chi connectivity index (χ0v) is 28.3. The summed E-state index contributed by atoms with van der Waals surface area (Å²) in [5.74, 6) is 3.31. The number of anilines is 3. The Morgan fingerprint density at radius 2 is 1.08 bits per heavy atom. The van der Waals surface area contributed by atoms with Crippen LogP contribution in [0.15, 0.2) is 174 Å². The maximum absolute atomic E-state index is 6.79. The Morgan fingerprint density at radius 1 is 0.396 bits per heavy atom. The molecule has 2 aliphatic rings. The minimum absolute atomic E-state index is 0.791. The highest BCUT2D eigenvalue weighted by Crippen LogP contribution is 2.56. The maximum atomic E-state index is 6.79. The summed E-state index contributed by atoms with van der Waals surface area (Å²) in [7, 11) is 0. The number of aromatic nitrogens is 1. The monoisotopic (exact) mass is 680 g/mol. The summed E-state index contributed by atoms with van der Waals surface area (Å²) in [5, 5.41) is 4.49. The Labute approximate surface area is 304 Å². The first-order valence-corrected chi connectivity index (χ1v) is 17.8. The van der Waals surface area contributed by atoms with Gasteiger partial charge in [0.2, 0.25) is 0 Å². The number of benzene rings is 8. The second-order valence-electron chi connectivity index (χ2n) is 13.7. The molecule has 0 spiro atoms. The van der Waals surface area contributed by atoms with E-state index in [9.17, 15) is 0 Å². The highest BCUT2D eigenvalue weighted by atomic mass is 16.5. The first-order valence-electron chi connectivity index (χ1n) is 17.8. The van der Waals surface area contributed by atoms with Crippen molar-refractivity contribution in [2.24, 2.45) is 0 Å². The van der Waals surface area contributed by atoms with Crippen molar-refractivity contribution < 1.29 is 13.9 Å². The lowest BCUT2D eigenvalue weighted by Crippen LogP contribution is -2.10. The molecule has 0 saturated carbocycles. The smallest absolute Gasteiger partial charge is 0.160 e. The van der Waals surface area contributed by atoms with Crippen molar-refractivity contribution in [3.63, 3.8) is 0 Å². The van der Waals surface area contributed by atoms with Crippen LogP contribution in [0.5, 0.6) is 23.0 Å². The second kappa shape index (κ2) is 10.6. The molecule has 2 aliphatic heterocycles. The number of hydrogen-bond donors (Lipinski definition) is 0. The van der Waals surface area contributed by atoms with Gasteiger partial charge in [0.1, 0.15) is 16.9 Å². The number of ether oxygens (including phenoxy) is 2. The van der Waals surface area contributed by atoms with Crippen molar-refractivity contribution in [1.29, 1.82) is 0 Å². The lowest BCUT2D eigenvalue weighted by Gasteiger charge is -2.28. The largest absolute Gasteiger partial charge is 0.456 e. The summed E-state index contributed by atoms with van der Waals surface area (Å²) in [5.41, 5.74) is 12.5. The predicted octanol–water partition coefficient (Wildman–Crippen LogP) is 13.7. The van der Waals surface area contributed by atoms with Crippen LogP contribution >= 0.6 is 0 Å².